The van der Waals surface area contributed by atoms with Crippen LogP contribution >= 0.6 is 0 Å². The van der Waals surface area contributed by atoms with E-state index in [4.69, 9.17) is 10.3 Å². The number of amides is 1. The minimum atomic E-state index is -0.641. The molecule has 1 saturated heterocycles. The molecule has 1 amide bonds. The van der Waals surface area contributed by atoms with Crippen LogP contribution < -0.4 is 0 Å². The second-order valence-corrected chi connectivity index (χ2v) is 7.46. The predicted molar refractivity (Wildman–Crippen MR) is 88.3 cm³/mol. The van der Waals surface area contributed by atoms with Crippen LogP contribution in [0.5, 0.6) is 0 Å². The third kappa shape index (κ3) is 3.33. The Kier molecular flexibility index (Phi) is 4.68. The Bertz CT molecular complexity index is 615. The number of hydrogen-bond donors (Lipinski definition) is 0. The van der Waals surface area contributed by atoms with Gasteiger partial charge in [-0.2, -0.15) is 0 Å². The number of carbonyl (C=O) groups is 1. The molecule has 1 aromatic rings. The second kappa shape index (κ2) is 6.22. The molecule has 6 heteroatoms. The molecule has 1 aliphatic heterocycles. The van der Waals surface area contributed by atoms with Crippen molar-refractivity contribution in [3.63, 3.8) is 0 Å². The van der Waals surface area contributed by atoms with Crippen LogP contribution in [0, 0.1) is 5.41 Å². The van der Waals surface area contributed by atoms with E-state index in [9.17, 15) is 4.79 Å². The Balaban J connectivity index is 2.28. The van der Waals surface area contributed by atoms with Crippen LogP contribution in [0.2, 0.25) is 0 Å². The number of azide groups is 1. The zero-order chi connectivity index (χ0) is 17.3. The monoisotopic (exact) mass is 316 g/mol. The molecule has 0 aliphatic carbocycles. The van der Waals surface area contributed by atoms with Crippen molar-refractivity contribution < 1.29 is 9.53 Å². The van der Waals surface area contributed by atoms with E-state index in [1.807, 2.05) is 65.0 Å². The summed E-state index contributed by atoms with van der Waals surface area (Å²) in [7, 11) is 0. The lowest BCUT2D eigenvalue weighted by Crippen LogP contribution is -2.48. The molecule has 2 atom stereocenters. The molecule has 0 spiro atoms. The zero-order valence-corrected chi connectivity index (χ0v) is 14.4. The Hall–Kier alpha value is -2.04. The maximum absolute atomic E-state index is 12.9. The van der Waals surface area contributed by atoms with Crippen LogP contribution in [0.15, 0.2) is 35.4 Å². The maximum atomic E-state index is 12.9. The lowest BCUT2D eigenvalue weighted by atomic mass is 9.86. The Morgan fingerprint density at radius 1 is 1.30 bits per heavy atom. The highest BCUT2D eigenvalue weighted by atomic mass is 16.5. The Labute approximate surface area is 137 Å². The summed E-state index contributed by atoms with van der Waals surface area (Å²) in [6.45, 7) is 9.96. The van der Waals surface area contributed by atoms with E-state index in [1.165, 1.54) is 0 Å². The minimum absolute atomic E-state index is 0.129. The zero-order valence-electron chi connectivity index (χ0n) is 14.4. The summed E-state index contributed by atoms with van der Waals surface area (Å²) in [5.41, 5.74) is 8.86. The smallest absolute Gasteiger partial charge is 0.253 e. The van der Waals surface area contributed by atoms with Gasteiger partial charge in [-0.1, -0.05) is 49.3 Å². The average Bonchev–Trinajstić information content (AvgIpc) is 2.65. The number of likely N-dealkylation sites (tertiary alicyclic amines) is 1. The average molecular weight is 316 g/mol. The number of benzene rings is 1. The van der Waals surface area contributed by atoms with Gasteiger partial charge in [-0.05, 0) is 31.9 Å². The van der Waals surface area contributed by atoms with Gasteiger partial charge in [-0.3, -0.25) is 4.79 Å². The van der Waals surface area contributed by atoms with Crippen LogP contribution in [-0.2, 0) is 16.1 Å². The van der Waals surface area contributed by atoms with E-state index >= 15 is 0 Å². The molecule has 0 radical (unpaired) electrons. The lowest BCUT2D eigenvalue weighted by Gasteiger charge is -2.37. The van der Waals surface area contributed by atoms with Gasteiger partial charge in [0.15, 0.2) is 0 Å². The lowest BCUT2D eigenvalue weighted by molar-refractivity contribution is -0.144. The third-order valence-corrected chi connectivity index (χ3v) is 4.19. The van der Waals surface area contributed by atoms with Crippen LogP contribution in [0.1, 0.15) is 40.2 Å². The van der Waals surface area contributed by atoms with Gasteiger partial charge in [0.2, 0.25) is 0 Å². The molecule has 1 aromatic carbocycles. The SMILES string of the molecule is CC1(C)[C@H](OCc2ccccc2)C(=O)N(C(C)(C)C)[C@H]1N=[N+]=[N-]. The van der Waals surface area contributed by atoms with E-state index in [1.54, 1.807) is 4.90 Å². The topological polar surface area (TPSA) is 78.3 Å². The van der Waals surface area contributed by atoms with Crippen molar-refractivity contribution in [2.75, 3.05) is 0 Å². The van der Waals surface area contributed by atoms with Crippen LogP contribution in [-0.4, -0.2) is 28.6 Å². The predicted octanol–water partition coefficient (Wildman–Crippen LogP) is 3.88. The molecular formula is C17H24N4O2. The summed E-state index contributed by atoms with van der Waals surface area (Å²) in [6, 6.07) is 9.72. The first-order chi connectivity index (χ1) is 10.7. The first-order valence-electron chi connectivity index (χ1n) is 7.72. The summed E-state index contributed by atoms with van der Waals surface area (Å²) in [6.07, 6.45) is -1.21. The van der Waals surface area contributed by atoms with Crippen molar-refractivity contribution in [1.82, 2.24) is 4.90 Å². The molecule has 1 aliphatic rings. The summed E-state index contributed by atoms with van der Waals surface area (Å²) < 4.78 is 5.94. The highest BCUT2D eigenvalue weighted by molar-refractivity contribution is 5.85. The first-order valence-corrected chi connectivity index (χ1v) is 7.72. The minimum Gasteiger partial charge on any atom is -0.363 e. The second-order valence-electron chi connectivity index (χ2n) is 7.46. The van der Waals surface area contributed by atoms with Gasteiger partial charge in [-0.25, -0.2) is 0 Å². The molecule has 0 bridgehead atoms. The van der Waals surface area contributed by atoms with E-state index < -0.39 is 23.2 Å². The van der Waals surface area contributed by atoms with Crippen molar-refractivity contribution in [2.45, 2.75) is 59.0 Å². The standard InChI is InChI=1S/C17H24N4O2/c1-16(2,3)21-14(22)13(17(4,5)15(21)19-20-18)23-11-12-9-7-6-8-10-12/h6-10,13,15H,11H2,1-5H3/t13-,15-/m1/s1. The van der Waals surface area contributed by atoms with Crippen LogP contribution in [0.4, 0.5) is 0 Å². The highest BCUT2D eigenvalue weighted by Gasteiger charge is 2.57. The summed E-state index contributed by atoms with van der Waals surface area (Å²) in [5, 5.41) is 3.89. The van der Waals surface area contributed by atoms with Crippen LogP contribution in [0.3, 0.4) is 0 Å². The van der Waals surface area contributed by atoms with E-state index in [-0.39, 0.29) is 5.91 Å². The molecule has 1 fully saturated rings. The van der Waals surface area contributed by atoms with Crippen molar-refractivity contribution in [3.8, 4) is 0 Å². The number of hydrogen-bond acceptors (Lipinski definition) is 3. The van der Waals surface area contributed by atoms with E-state index in [0.29, 0.717) is 6.61 Å². The fraction of sp³-hybridized carbons (Fsp3) is 0.588. The molecule has 1 heterocycles. The van der Waals surface area contributed by atoms with Crippen molar-refractivity contribution in [1.29, 1.82) is 0 Å². The van der Waals surface area contributed by atoms with Crippen molar-refractivity contribution in [2.24, 2.45) is 10.5 Å². The number of carbonyl (C=O) groups excluding carboxylic acids is 1. The van der Waals surface area contributed by atoms with Crippen molar-refractivity contribution >= 4 is 5.91 Å². The summed E-state index contributed by atoms with van der Waals surface area (Å²) in [4.78, 5) is 17.5. The van der Waals surface area contributed by atoms with Gasteiger partial charge in [-0.15, -0.1) is 0 Å². The molecule has 0 N–H and O–H groups in total. The highest BCUT2D eigenvalue weighted by Crippen LogP contribution is 2.43. The molecule has 0 saturated carbocycles. The first kappa shape index (κ1) is 17.3. The van der Waals surface area contributed by atoms with Crippen molar-refractivity contribution in [3.05, 3.63) is 46.3 Å². The normalized spacial score (nSPS) is 23.7. The summed E-state index contributed by atoms with van der Waals surface area (Å²) in [5.74, 6) is -0.129. The number of rotatable bonds is 4. The number of nitrogens with zero attached hydrogens (tertiary/aromatic N) is 4. The van der Waals surface area contributed by atoms with E-state index in [2.05, 4.69) is 10.0 Å². The Morgan fingerprint density at radius 2 is 1.91 bits per heavy atom. The molecule has 0 unspecified atom stereocenters. The van der Waals surface area contributed by atoms with Gasteiger partial charge in [0.05, 0.1) is 6.61 Å². The largest absolute Gasteiger partial charge is 0.363 e. The molecule has 6 nitrogen and oxygen atoms in total. The van der Waals surface area contributed by atoms with E-state index in [0.717, 1.165) is 5.56 Å². The van der Waals surface area contributed by atoms with Gasteiger partial charge in [0, 0.05) is 15.9 Å². The molecule has 23 heavy (non-hydrogen) atoms. The molecule has 124 valence electrons. The van der Waals surface area contributed by atoms with Crippen LogP contribution in [0.25, 0.3) is 10.4 Å². The quantitative estimate of drug-likeness (QED) is 0.480. The third-order valence-electron chi connectivity index (χ3n) is 4.19. The summed E-state index contributed by atoms with van der Waals surface area (Å²) >= 11 is 0. The molecule has 0 aromatic heterocycles. The maximum Gasteiger partial charge on any atom is 0.253 e. The fourth-order valence-electron chi connectivity index (χ4n) is 3.02. The fourth-order valence-corrected chi connectivity index (χ4v) is 3.02. The van der Waals surface area contributed by atoms with Gasteiger partial charge < -0.3 is 9.64 Å². The molecule has 2 rings (SSSR count). The van der Waals surface area contributed by atoms with Gasteiger partial charge >= 0.3 is 0 Å². The van der Waals surface area contributed by atoms with Gasteiger partial charge in [0.1, 0.15) is 12.3 Å². The Morgan fingerprint density at radius 3 is 2.43 bits per heavy atom. The van der Waals surface area contributed by atoms with Gasteiger partial charge in [0.25, 0.3) is 5.91 Å². The molecular weight excluding hydrogens is 292 g/mol. The number of ether oxygens (including phenoxy) is 1.